The fourth-order valence-corrected chi connectivity index (χ4v) is 1.39. The van der Waals surface area contributed by atoms with Gasteiger partial charge in [-0.3, -0.25) is 4.79 Å². The number of carbonyl (C=O) groups excluding carboxylic acids is 1. The van der Waals surface area contributed by atoms with Gasteiger partial charge in [-0.1, -0.05) is 0 Å². The van der Waals surface area contributed by atoms with Crippen LogP contribution in [0.15, 0.2) is 30.6 Å². The third-order valence-corrected chi connectivity index (χ3v) is 2.08. The Morgan fingerprint density at radius 3 is 2.93 bits per heavy atom. The molecule has 0 radical (unpaired) electrons. The molecular weight excluding hydrogens is 180 g/mol. The molecule has 2 aromatic rings. The maximum Gasteiger partial charge on any atom is 0.211 e. The molecule has 0 aromatic carbocycles. The summed E-state index contributed by atoms with van der Waals surface area (Å²) in [5.41, 5.74) is 1.69. The van der Waals surface area contributed by atoms with Gasteiger partial charge in [0.1, 0.15) is 5.75 Å². The molecule has 0 unspecified atom stereocenters. The summed E-state index contributed by atoms with van der Waals surface area (Å²) in [7, 11) is 1.61. The lowest BCUT2D eigenvalue weighted by atomic mass is 10.3. The number of pyridine rings is 1. The first-order chi connectivity index (χ1) is 6.85. The van der Waals surface area contributed by atoms with Crippen molar-refractivity contribution in [3.8, 4) is 5.75 Å². The summed E-state index contributed by atoms with van der Waals surface area (Å²) in [5, 5.41) is 2.62. The van der Waals surface area contributed by atoms with Crippen molar-refractivity contribution in [1.29, 1.82) is 0 Å². The first kappa shape index (κ1) is 8.62. The Morgan fingerprint density at radius 2 is 2.21 bits per heavy atom. The van der Waals surface area contributed by atoms with E-state index in [4.69, 9.17) is 4.74 Å². The molecule has 1 N–H and O–H groups in total. The minimum Gasteiger partial charge on any atom is -0.497 e. The standard InChI is InChI=1S/C10H10N2O2/c1-14-8-2-4-12-5-3-9(11-7-13)10(12)6-8/h2-7H,1H3,(H,11,13). The zero-order valence-corrected chi connectivity index (χ0v) is 7.73. The van der Waals surface area contributed by atoms with E-state index >= 15 is 0 Å². The quantitative estimate of drug-likeness (QED) is 0.745. The number of hydrogen-bond acceptors (Lipinski definition) is 2. The van der Waals surface area contributed by atoms with Crippen molar-refractivity contribution in [1.82, 2.24) is 4.40 Å². The van der Waals surface area contributed by atoms with Gasteiger partial charge in [0.15, 0.2) is 0 Å². The van der Waals surface area contributed by atoms with Crippen LogP contribution in [0.4, 0.5) is 5.69 Å². The van der Waals surface area contributed by atoms with Gasteiger partial charge in [-0.15, -0.1) is 0 Å². The molecule has 0 fully saturated rings. The topological polar surface area (TPSA) is 42.7 Å². The number of aromatic nitrogens is 1. The van der Waals surface area contributed by atoms with Crippen molar-refractivity contribution in [2.45, 2.75) is 0 Å². The number of carbonyl (C=O) groups is 1. The molecular formula is C10H10N2O2. The van der Waals surface area contributed by atoms with Crippen molar-refractivity contribution in [3.63, 3.8) is 0 Å². The van der Waals surface area contributed by atoms with Crippen LogP contribution in [0.3, 0.4) is 0 Å². The zero-order valence-electron chi connectivity index (χ0n) is 7.73. The largest absolute Gasteiger partial charge is 0.497 e. The van der Waals surface area contributed by atoms with Gasteiger partial charge in [-0.05, 0) is 12.1 Å². The fraction of sp³-hybridized carbons (Fsp3) is 0.100. The monoisotopic (exact) mass is 190 g/mol. The van der Waals surface area contributed by atoms with Crippen molar-refractivity contribution < 1.29 is 9.53 Å². The molecule has 0 aliphatic carbocycles. The Hall–Kier alpha value is -1.97. The summed E-state index contributed by atoms with van der Waals surface area (Å²) >= 11 is 0. The number of nitrogens with zero attached hydrogens (tertiary/aromatic N) is 1. The fourth-order valence-electron chi connectivity index (χ4n) is 1.39. The van der Waals surface area contributed by atoms with E-state index in [1.807, 2.05) is 35.0 Å². The number of methoxy groups -OCH3 is 1. The highest BCUT2D eigenvalue weighted by atomic mass is 16.5. The minimum absolute atomic E-state index is 0.662. The second kappa shape index (κ2) is 3.41. The predicted molar refractivity (Wildman–Crippen MR) is 53.6 cm³/mol. The van der Waals surface area contributed by atoms with E-state index in [-0.39, 0.29) is 0 Å². The molecule has 2 aromatic heterocycles. The van der Waals surface area contributed by atoms with Gasteiger partial charge in [-0.2, -0.15) is 0 Å². The van der Waals surface area contributed by atoms with E-state index in [0.717, 1.165) is 17.0 Å². The molecule has 72 valence electrons. The molecule has 4 nitrogen and oxygen atoms in total. The van der Waals surface area contributed by atoms with E-state index in [1.165, 1.54) is 0 Å². The Kier molecular flexibility index (Phi) is 2.10. The lowest BCUT2D eigenvalue weighted by Gasteiger charge is -2.02. The van der Waals surface area contributed by atoms with Crippen LogP contribution in [0.2, 0.25) is 0 Å². The summed E-state index contributed by atoms with van der Waals surface area (Å²) in [4.78, 5) is 10.3. The maximum atomic E-state index is 10.3. The van der Waals surface area contributed by atoms with Gasteiger partial charge < -0.3 is 14.5 Å². The highest BCUT2D eigenvalue weighted by Gasteiger charge is 2.02. The molecule has 0 bridgehead atoms. The van der Waals surface area contributed by atoms with Crippen LogP contribution in [-0.4, -0.2) is 17.9 Å². The number of nitrogens with one attached hydrogen (secondary N) is 1. The molecule has 14 heavy (non-hydrogen) atoms. The van der Waals surface area contributed by atoms with Crippen molar-refractivity contribution in [2.24, 2.45) is 0 Å². The predicted octanol–water partition coefficient (Wildman–Crippen LogP) is 1.52. The Labute approximate surface area is 81.1 Å². The highest BCUT2D eigenvalue weighted by molar-refractivity contribution is 5.83. The second-order valence-electron chi connectivity index (χ2n) is 2.85. The van der Waals surface area contributed by atoms with Crippen LogP contribution in [0, 0.1) is 0 Å². The van der Waals surface area contributed by atoms with Crippen LogP contribution in [0.5, 0.6) is 5.75 Å². The molecule has 2 rings (SSSR count). The van der Waals surface area contributed by atoms with Crippen LogP contribution >= 0.6 is 0 Å². The van der Waals surface area contributed by atoms with Crippen molar-refractivity contribution >= 4 is 17.6 Å². The Bertz CT molecular complexity index is 462. The number of hydrogen-bond donors (Lipinski definition) is 1. The summed E-state index contributed by atoms with van der Waals surface area (Å²) < 4.78 is 7.01. The van der Waals surface area contributed by atoms with Crippen molar-refractivity contribution in [2.75, 3.05) is 12.4 Å². The molecule has 4 heteroatoms. The van der Waals surface area contributed by atoms with Crippen LogP contribution < -0.4 is 10.1 Å². The maximum absolute atomic E-state index is 10.3. The van der Waals surface area contributed by atoms with Gasteiger partial charge in [-0.25, -0.2) is 0 Å². The SMILES string of the molecule is COc1ccn2ccc(NC=O)c2c1. The van der Waals surface area contributed by atoms with Gasteiger partial charge >= 0.3 is 0 Å². The summed E-state index contributed by atoms with van der Waals surface area (Å²) in [6, 6.07) is 5.56. The smallest absolute Gasteiger partial charge is 0.211 e. The summed E-state index contributed by atoms with van der Waals surface area (Å²) in [5.74, 6) is 0.769. The van der Waals surface area contributed by atoms with Gasteiger partial charge in [0, 0.05) is 18.5 Å². The number of anilines is 1. The Balaban J connectivity index is 2.57. The van der Waals surface area contributed by atoms with Crippen molar-refractivity contribution in [3.05, 3.63) is 30.6 Å². The second-order valence-corrected chi connectivity index (χ2v) is 2.85. The molecule has 0 saturated carbocycles. The highest BCUT2D eigenvalue weighted by Crippen LogP contribution is 2.22. The van der Waals surface area contributed by atoms with E-state index in [1.54, 1.807) is 7.11 Å². The lowest BCUT2D eigenvalue weighted by Crippen LogP contribution is -1.93. The molecule has 1 amide bonds. The molecule has 0 aliphatic rings. The van der Waals surface area contributed by atoms with Crippen LogP contribution in [-0.2, 0) is 4.79 Å². The van der Waals surface area contributed by atoms with E-state index in [9.17, 15) is 4.79 Å². The average molecular weight is 190 g/mol. The first-order valence-corrected chi connectivity index (χ1v) is 4.20. The van der Waals surface area contributed by atoms with E-state index in [0.29, 0.717) is 6.41 Å². The first-order valence-electron chi connectivity index (χ1n) is 4.20. The number of fused-ring (bicyclic) bond motifs is 1. The minimum atomic E-state index is 0.662. The summed E-state index contributed by atoms with van der Waals surface area (Å²) in [6.07, 6.45) is 4.42. The summed E-state index contributed by atoms with van der Waals surface area (Å²) in [6.45, 7) is 0. The zero-order chi connectivity index (χ0) is 9.97. The third kappa shape index (κ3) is 1.31. The van der Waals surface area contributed by atoms with Crippen LogP contribution in [0.1, 0.15) is 0 Å². The number of rotatable bonds is 3. The van der Waals surface area contributed by atoms with Gasteiger partial charge in [0.2, 0.25) is 6.41 Å². The number of amides is 1. The van der Waals surface area contributed by atoms with E-state index in [2.05, 4.69) is 5.32 Å². The Morgan fingerprint density at radius 1 is 1.43 bits per heavy atom. The molecule has 2 heterocycles. The molecule has 0 aliphatic heterocycles. The van der Waals surface area contributed by atoms with Gasteiger partial charge in [0.25, 0.3) is 0 Å². The van der Waals surface area contributed by atoms with E-state index < -0.39 is 0 Å². The average Bonchev–Trinajstić information content (AvgIpc) is 2.61. The number of ether oxygens (including phenoxy) is 1. The molecule has 0 spiro atoms. The molecule has 0 atom stereocenters. The van der Waals surface area contributed by atoms with Gasteiger partial charge in [0.05, 0.1) is 18.3 Å². The molecule has 0 saturated heterocycles. The normalized spacial score (nSPS) is 10.1. The lowest BCUT2D eigenvalue weighted by molar-refractivity contribution is -0.105. The van der Waals surface area contributed by atoms with Crippen LogP contribution in [0.25, 0.3) is 5.52 Å². The third-order valence-electron chi connectivity index (χ3n) is 2.08.